The Labute approximate surface area is 140 Å². The summed E-state index contributed by atoms with van der Waals surface area (Å²) in [7, 11) is 0. The number of nitrogens with zero attached hydrogens (tertiary/aromatic N) is 3. The summed E-state index contributed by atoms with van der Waals surface area (Å²) < 4.78 is 5.87. The maximum Gasteiger partial charge on any atom is 0.150 e. The number of rotatable bonds is 1. The van der Waals surface area contributed by atoms with Crippen LogP contribution in [-0.2, 0) is 4.74 Å². The average molecular weight is 369 g/mol. The maximum atomic E-state index is 9.17. The van der Waals surface area contributed by atoms with Crippen LogP contribution in [0.3, 0.4) is 0 Å². The van der Waals surface area contributed by atoms with E-state index in [1.165, 1.54) is 11.8 Å². The number of hydrogen-bond acceptors (Lipinski definition) is 5. The molecule has 1 aromatic heterocycles. The van der Waals surface area contributed by atoms with E-state index in [4.69, 9.17) is 51.8 Å². The Hall–Kier alpha value is -0.290. The number of halogens is 3. The number of thiocarbonyl (C=S) groups is 1. The molecule has 0 bridgehead atoms. The third kappa shape index (κ3) is 3.48. The predicted octanol–water partition coefficient (Wildman–Crippen LogP) is 3.62. The quantitative estimate of drug-likeness (QED) is 0.429. The van der Waals surface area contributed by atoms with Crippen LogP contribution < -0.4 is 0 Å². The van der Waals surface area contributed by atoms with Crippen LogP contribution in [0.4, 0.5) is 0 Å². The highest BCUT2D eigenvalue weighted by Gasteiger charge is 2.22. The Balaban J connectivity index is 2.28. The van der Waals surface area contributed by atoms with Gasteiger partial charge < -0.3 is 9.64 Å². The van der Waals surface area contributed by atoms with Crippen LogP contribution in [0.2, 0.25) is 15.3 Å². The molecule has 20 heavy (non-hydrogen) atoms. The van der Waals surface area contributed by atoms with E-state index in [0.29, 0.717) is 35.5 Å². The van der Waals surface area contributed by atoms with Crippen molar-refractivity contribution >= 4 is 63.1 Å². The highest BCUT2D eigenvalue weighted by atomic mass is 35.5. The fraction of sp³-hybridized carbons (Fsp3) is 0.364. The minimum absolute atomic E-state index is 0.0224. The van der Waals surface area contributed by atoms with Gasteiger partial charge in [0, 0.05) is 13.1 Å². The first kappa shape index (κ1) is 16.1. The standard InChI is InChI=1S/C11H8Cl3N3OS2/c12-7-8(6(5-15)9(13)16-10(7)14)20-11(19)17-1-3-18-4-2-17/h1-4H2. The summed E-state index contributed by atoms with van der Waals surface area (Å²) in [5.74, 6) is 0. The molecule has 2 rings (SSSR count). The monoisotopic (exact) mass is 367 g/mol. The van der Waals surface area contributed by atoms with Crippen molar-refractivity contribution < 1.29 is 4.74 Å². The lowest BCUT2D eigenvalue weighted by Crippen LogP contribution is -2.38. The topological polar surface area (TPSA) is 49.2 Å². The van der Waals surface area contributed by atoms with E-state index in [1.807, 2.05) is 11.0 Å². The van der Waals surface area contributed by atoms with Crippen molar-refractivity contribution in [2.45, 2.75) is 4.90 Å². The molecule has 1 aliphatic heterocycles. The largest absolute Gasteiger partial charge is 0.378 e. The Bertz CT molecular complexity index is 585. The molecule has 1 aliphatic rings. The minimum atomic E-state index is 0.0224. The second kappa shape index (κ2) is 7.12. The Morgan fingerprint density at radius 2 is 1.95 bits per heavy atom. The molecule has 0 amide bonds. The number of aromatic nitrogens is 1. The molecule has 0 N–H and O–H groups in total. The highest BCUT2D eigenvalue weighted by molar-refractivity contribution is 8.23. The molecule has 0 unspecified atom stereocenters. The molecule has 0 radical (unpaired) electrons. The minimum Gasteiger partial charge on any atom is -0.378 e. The summed E-state index contributed by atoms with van der Waals surface area (Å²) in [5, 5.41) is 9.44. The number of morpholine rings is 1. The van der Waals surface area contributed by atoms with Crippen LogP contribution >= 0.6 is 58.8 Å². The molecule has 1 fully saturated rings. The molecule has 0 aromatic carbocycles. The van der Waals surface area contributed by atoms with Gasteiger partial charge in [0.25, 0.3) is 0 Å². The number of pyridine rings is 1. The highest BCUT2D eigenvalue weighted by Crippen LogP contribution is 2.38. The van der Waals surface area contributed by atoms with Gasteiger partial charge in [0.2, 0.25) is 0 Å². The molecular formula is C11H8Cl3N3OS2. The van der Waals surface area contributed by atoms with Gasteiger partial charge in [-0.25, -0.2) is 4.98 Å². The van der Waals surface area contributed by atoms with Gasteiger partial charge in [-0.15, -0.1) is 0 Å². The molecule has 106 valence electrons. The third-order valence-electron chi connectivity index (χ3n) is 2.58. The molecule has 0 saturated carbocycles. The molecule has 1 aromatic rings. The van der Waals surface area contributed by atoms with E-state index >= 15 is 0 Å². The second-order valence-corrected chi connectivity index (χ2v) is 6.53. The second-order valence-electron chi connectivity index (χ2n) is 3.79. The number of hydrogen-bond donors (Lipinski definition) is 0. The van der Waals surface area contributed by atoms with Crippen LogP contribution in [0.15, 0.2) is 4.90 Å². The van der Waals surface area contributed by atoms with Crippen LogP contribution in [0.25, 0.3) is 0 Å². The van der Waals surface area contributed by atoms with E-state index in [0.717, 1.165) is 0 Å². The summed E-state index contributed by atoms with van der Waals surface area (Å²) >= 11 is 24.5. The smallest absolute Gasteiger partial charge is 0.150 e. The summed E-state index contributed by atoms with van der Waals surface area (Å²) in [5.41, 5.74) is 0.182. The summed E-state index contributed by atoms with van der Waals surface area (Å²) in [6.07, 6.45) is 0. The SMILES string of the molecule is N#Cc1c(Cl)nc(Cl)c(Cl)c1SC(=S)N1CCOCC1. The van der Waals surface area contributed by atoms with Crippen molar-refractivity contribution in [2.24, 2.45) is 0 Å². The first-order valence-corrected chi connectivity index (χ1v) is 7.89. The molecule has 4 nitrogen and oxygen atoms in total. The first-order chi connectivity index (χ1) is 9.54. The summed E-state index contributed by atoms with van der Waals surface area (Å²) in [6, 6.07) is 1.98. The van der Waals surface area contributed by atoms with E-state index < -0.39 is 0 Å². The van der Waals surface area contributed by atoms with E-state index in [9.17, 15) is 5.26 Å². The molecular weight excluding hydrogens is 361 g/mol. The van der Waals surface area contributed by atoms with Gasteiger partial charge in [-0.05, 0) is 0 Å². The van der Waals surface area contributed by atoms with Crippen molar-refractivity contribution in [2.75, 3.05) is 26.3 Å². The van der Waals surface area contributed by atoms with Gasteiger partial charge >= 0.3 is 0 Å². The molecule has 0 spiro atoms. The van der Waals surface area contributed by atoms with Crippen molar-refractivity contribution in [1.82, 2.24) is 9.88 Å². The van der Waals surface area contributed by atoms with Crippen molar-refractivity contribution in [3.05, 3.63) is 20.9 Å². The third-order valence-corrected chi connectivity index (χ3v) is 5.26. The lowest BCUT2D eigenvalue weighted by Gasteiger charge is -2.28. The lowest BCUT2D eigenvalue weighted by molar-refractivity contribution is 0.0702. The first-order valence-electron chi connectivity index (χ1n) is 5.53. The molecule has 1 saturated heterocycles. The van der Waals surface area contributed by atoms with Crippen molar-refractivity contribution in [3.63, 3.8) is 0 Å². The van der Waals surface area contributed by atoms with Crippen LogP contribution in [0.5, 0.6) is 0 Å². The zero-order chi connectivity index (χ0) is 14.7. The normalized spacial score (nSPS) is 15.0. The number of ether oxygens (including phenoxy) is 1. The van der Waals surface area contributed by atoms with Gasteiger partial charge in [-0.2, -0.15) is 5.26 Å². The van der Waals surface area contributed by atoms with Crippen LogP contribution in [0.1, 0.15) is 5.56 Å². The van der Waals surface area contributed by atoms with Crippen LogP contribution in [0, 0.1) is 11.3 Å². The maximum absolute atomic E-state index is 9.17. The summed E-state index contributed by atoms with van der Waals surface area (Å²) in [6.45, 7) is 2.66. The fourth-order valence-electron chi connectivity index (χ4n) is 1.58. The molecule has 2 heterocycles. The Morgan fingerprint density at radius 3 is 2.55 bits per heavy atom. The lowest BCUT2D eigenvalue weighted by atomic mass is 10.3. The van der Waals surface area contributed by atoms with E-state index in [1.54, 1.807) is 0 Å². The number of nitriles is 1. The van der Waals surface area contributed by atoms with E-state index in [2.05, 4.69) is 4.98 Å². The molecule has 0 atom stereocenters. The molecule has 0 aliphatic carbocycles. The molecule has 9 heteroatoms. The average Bonchev–Trinajstić information content (AvgIpc) is 2.45. The summed E-state index contributed by atoms with van der Waals surface area (Å²) in [4.78, 5) is 6.24. The van der Waals surface area contributed by atoms with Crippen molar-refractivity contribution in [3.8, 4) is 6.07 Å². The van der Waals surface area contributed by atoms with Gasteiger partial charge in [-0.1, -0.05) is 58.8 Å². The number of thioether (sulfide) groups is 1. The van der Waals surface area contributed by atoms with Crippen LogP contribution in [-0.4, -0.2) is 40.5 Å². The Morgan fingerprint density at radius 1 is 1.30 bits per heavy atom. The van der Waals surface area contributed by atoms with Gasteiger partial charge in [0.1, 0.15) is 21.1 Å². The van der Waals surface area contributed by atoms with Gasteiger partial charge in [0.15, 0.2) is 5.15 Å². The van der Waals surface area contributed by atoms with Gasteiger partial charge in [0.05, 0.1) is 23.1 Å². The zero-order valence-corrected chi connectivity index (χ0v) is 13.9. The predicted molar refractivity (Wildman–Crippen MR) is 84.8 cm³/mol. The van der Waals surface area contributed by atoms with Crippen molar-refractivity contribution in [1.29, 1.82) is 5.26 Å². The zero-order valence-electron chi connectivity index (χ0n) is 10.0. The van der Waals surface area contributed by atoms with E-state index in [-0.39, 0.29) is 20.9 Å². The fourth-order valence-corrected chi connectivity index (χ4v) is 3.74. The van der Waals surface area contributed by atoms with Gasteiger partial charge in [-0.3, -0.25) is 0 Å². The Kier molecular flexibility index (Phi) is 5.73.